The van der Waals surface area contributed by atoms with E-state index in [-0.39, 0.29) is 10.8 Å². The van der Waals surface area contributed by atoms with Crippen LogP contribution in [0.3, 0.4) is 0 Å². The minimum absolute atomic E-state index is 0.0798. The fraction of sp³-hybridized carbons (Fsp3) is 0.455. The lowest BCUT2D eigenvalue weighted by Gasteiger charge is -2.13. The minimum Gasteiger partial charge on any atom is -0.506 e. The number of ether oxygens (including phenoxy) is 1. The van der Waals surface area contributed by atoms with Crippen LogP contribution < -0.4 is 10.5 Å². The van der Waals surface area contributed by atoms with Gasteiger partial charge in [0.15, 0.2) is 0 Å². The maximum atomic E-state index is 9.79. The fourth-order valence-electron chi connectivity index (χ4n) is 1.56. The van der Waals surface area contributed by atoms with Gasteiger partial charge in [-0.3, -0.25) is 0 Å². The zero-order valence-electron chi connectivity index (χ0n) is 9.01. The molecule has 3 N–H and O–H groups in total. The number of benzene rings is 1. The predicted molar refractivity (Wildman–Crippen MR) is 61.8 cm³/mol. The SMILES string of the molecule is CCc1cc(CCN)c(O)c(Cl)c1OC. The smallest absolute Gasteiger partial charge is 0.144 e. The molecule has 1 rings (SSSR count). The summed E-state index contributed by atoms with van der Waals surface area (Å²) in [5.74, 6) is 0.633. The molecule has 0 aliphatic rings. The maximum absolute atomic E-state index is 9.79. The molecule has 0 aromatic heterocycles. The second-order valence-corrected chi connectivity index (χ2v) is 3.66. The van der Waals surface area contributed by atoms with Crippen molar-refractivity contribution in [3.63, 3.8) is 0 Å². The van der Waals surface area contributed by atoms with Gasteiger partial charge in [0.1, 0.15) is 16.5 Å². The molecule has 0 saturated heterocycles. The summed E-state index contributed by atoms with van der Waals surface area (Å²) in [5.41, 5.74) is 7.22. The molecule has 1 aromatic rings. The van der Waals surface area contributed by atoms with Crippen LogP contribution in [0.4, 0.5) is 0 Å². The van der Waals surface area contributed by atoms with Crippen LogP contribution in [0.25, 0.3) is 0 Å². The quantitative estimate of drug-likeness (QED) is 0.832. The van der Waals surface area contributed by atoms with Crippen LogP contribution in [0.2, 0.25) is 5.02 Å². The van der Waals surface area contributed by atoms with Gasteiger partial charge in [-0.1, -0.05) is 18.5 Å². The second kappa shape index (κ2) is 5.24. The number of aromatic hydroxyl groups is 1. The number of halogens is 1. The van der Waals surface area contributed by atoms with Crippen molar-refractivity contribution in [3.05, 3.63) is 22.2 Å². The lowest BCUT2D eigenvalue weighted by molar-refractivity contribution is 0.402. The van der Waals surface area contributed by atoms with Crippen LogP contribution in [0, 0.1) is 0 Å². The number of phenolic OH excluding ortho intramolecular Hbond substituents is 1. The summed E-state index contributed by atoms with van der Waals surface area (Å²) in [5, 5.41) is 10.1. The first-order valence-electron chi connectivity index (χ1n) is 4.92. The van der Waals surface area contributed by atoms with E-state index in [1.54, 1.807) is 7.11 Å². The van der Waals surface area contributed by atoms with Gasteiger partial charge in [0, 0.05) is 0 Å². The zero-order valence-corrected chi connectivity index (χ0v) is 9.77. The van der Waals surface area contributed by atoms with Crippen molar-refractivity contribution in [1.29, 1.82) is 0 Å². The summed E-state index contributed by atoms with van der Waals surface area (Å²) >= 11 is 6.00. The molecule has 0 aliphatic carbocycles. The van der Waals surface area contributed by atoms with E-state index in [4.69, 9.17) is 22.1 Å². The molecule has 0 bridgehead atoms. The van der Waals surface area contributed by atoms with Gasteiger partial charge >= 0.3 is 0 Å². The Kier molecular flexibility index (Phi) is 4.24. The van der Waals surface area contributed by atoms with Crippen LogP contribution in [0.5, 0.6) is 11.5 Å². The Hall–Kier alpha value is -0.930. The molecule has 0 aliphatic heterocycles. The number of hydrogen-bond acceptors (Lipinski definition) is 3. The largest absolute Gasteiger partial charge is 0.506 e. The molecule has 0 heterocycles. The average molecular weight is 230 g/mol. The third-order valence-corrected chi connectivity index (χ3v) is 2.70. The van der Waals surface area contributed by atoms with Crippen molar-refractivity contribution in [2.75, 3.05) is 13.7 Å². The van der Waals surface area contributed by atoms with E-state index < -0.39 is 0 Å². The highest BCUT2D eigenvalue weighted by Crippen LogP contribution is 2.39. The van der Waals surface area contributed by atoms with Gasteiger partial charge in [0.25, 0.3) is 0 Å². The Morgan fingerprint density at radius 2 is 2.13 bits per heavy atom. The number of phenols is 1. The van der Waals surface area contributed by atoms with Crippen LogP contribution in [0.15, 0.2) is 6.07 Å². The first kappa shape index (κ1) is 12.1. The minimum atomic E-state index is 0.0798. The van der Waals surface area contributed by atoms with E-state index in [0.29, 0.717) is 18.7 Å². The third kappa shape index (κ3) is 2.36. The van der Waals surface area contributed by atoms with Crippen LogP contribution in [-0.4, -0.2) is 18.8 Å². The molecule has 3 nitrogen and oxygen atoms in total. The highest BCUT2D eigenvalue weighted by molar-refractivity contribution is 6.33. The molecular weight excluding hydrogens is 214 g/mol. The van der Waals surface area contributed by atoms with Gasteiger partial charge in [-0.2, -0.15) is 0 Å². The van der Waals surface area contributed by atoms with E-state index in [1.165, 1.54) is 0 Å². The molecule has 0 atom stereocenters. The lowest BCUT2D eigenvalue weighted by atomic mass is 10.0. The highest BCUT2D eigenvalue weighted by atomic mass is 35.5. The number of rotatable bonds is 4. The summed E-state index contributed by atoms with van der Waals surface area (Å²) in [6.45, 7) is 2.50. The lowest BCUT2D eigenvalue weighted by Crippen LogP contribution is -2.04. The third-order valence-electron chi connectivity index (χ3n) is 2.35. The Balaban J connectivity index is 3.29. The topological polar surface area (TPSA) is 55.5 Å². The van der Waals surface area contributed by atoms with E-state index in [9.17, 15) is 5.11 Å². The molecule has 84 valence electrons. The van der Waals surface area contributed by atoms with Crippen molar-refractivity contribution in [1.82, 2.24) is 0 Å². The molecule has 15 heavy (non-hydrogen) atoms. The number of nitrogens with two attached hydrogens (primary N) is 1. The predicted octanol–water partition coefficient (Wildman–Crippen LogP) is 2.12. The monoisotopic (exact) mass is 229 g/mol. The van der Waals surface area contributed by atoms with E-state index in [0.717, 1.165) is 17.5 Å². The molecule has 1 aromatic carbocycles. The molecule has 0 spiro atoms. The molecule has 0 saturated carbocycles. The molecule has 0 unspecified atom stereocenters. The van der Waals surface area contributed by atoms with Gasteiger partial charge in [-0.15, -0.1) is 0 Å². The van der Waals surface area contributed by atoms with Gasteiger partial charge in [-0.25, -0.2) is 0 Å². The van der Waals surface area contributed by atoms with Crippen LogP contribution >= 0.6 is 11.6 Å². The van der Waals surface area contributed by atoms with Crippen LogP contribution in [0.1, 0.15) is 18.1 Å². The van der Waals surface area contributed by atoms with E-state index >= 15 is 0 Å². The van der Waals surface area contributed by atoms with E-state index in [1.807, 2.05) is 13.0 Å². The molecule has 0 amide bonds. The number of aryl methyl sites for hydroxylation is 1. The molecule has 4 heteroatoms. The fourth-order valence-corrected chi connectivity index (χ4v) is 1.88. The van der Waals surface area contributed by atoms with Crippen molar-refractivity contribution in [3.8, 4) is 11.5 Å². The zero-order chi connectivity index (χ0) is 11.4. The Bertz CT molecular complexity index is 353. The average Bonchev–Trinajstić information content (AvgIpc) is 2.24. The maximum Gasteiger partial charge on any atom is 0.144 e. The standard InChI is InChI=1S/C11H16ClNO2/c1-3-7-6-8(4-5-13)10(14)9(12)11(7)15-2/h6,14H,3-5,13H2,1-2H3. The summed E-state index contributed by atoms with van der Waals surface area (Å²) < 4.78 is 5.16. The van der Waals surface area contributed by atoms with Gasteiger partial charge < -0.3 is 15.6 Å². The first-order chi connectivity index (χ1) is 7.15. The number of hydrogen-bond donors (Lipinski definition) is 2. The van der Waals surface area contributed by atoms with Crippen molar-refractivity contribution >= 4 is 11.6 Å². The molecular formula is C11H16ClNO2. The Morgan fingerprint density at radius 1 is 1.47 bits per heavy atom. The summed E-state index contributed by atoms with van der Waals surface area (Å²) in [7, 11) is 1.54. The highest BCUT2D eigenvalue weighted by Gasteiger charge is 2.15. The first-order valence-corrected chi connectivity index (χ1v) is 5.30. The molecule has 0 radical (unpaired) electrons. The summed E-state index contributed by atoms with van der Waals surface area (Å²) in [4.78, 5) is 0. The Labute approximate surface area is 94.8 Å². The van der Waals surface area contributed by atoms with E-state index in [2.05, 4.69) is 0 Å². The Morgan fingerprint density at radius 3 is 2.60 bits per heavy atom. The van der Waals surface area contributed by atoms with Gasteiger partial charge in [0.2, 0.25) is 0 Å². The van der Waals surface area contributed by atoms with Crippen molar-refractivity contribution < 1.29 is 9.84 Å². The van der Waals surface area contributed by atoms with Gasteiger partial charge in [0.05, 0.1) is 7.11 Å². The van der Waals surface area contributed by atoms with Crippen LogP contribution in [-0.2, 0) is 12.8 Å². The molecule has 0 fully saturated rings. The normalized spacial score (nSPS) is 10.4. The second-order valence-electron chi connectivity index (χ2n) is 3.28. The number of methoxy groups -OCH3 is 1. The van der Waals surface area contributed by atoms with Gasteiger partial charge in [-0.05, 0) is 36.6 Å². The summed E-state index contributed by atoms with van der Waals surface area (Å²) in [6.07, 6.45) is 1.42. The van der Waals surface area contributed by atoms with Crippen molar-refractivity contribution in [2.24, 2.45) is 5.73 Å². The summed E-state index contributed by atoms with van der Waals surface area (Å²) in [6, 6.07) is 1.90. The van der Waals surface area contributed by atoms with Crippen molar-refractivity contribution in [2.45, 2.75) is 19.8 Å².